The maximum absolute atomic E-state index is 11.9. The van der Waals surface area contributed by atoms with E-state index in [1.807, 2.05) is 18.2 Å². The highest BCUT2D eigenvalue weighted by Crippen LogP contribution is 2.18. The summed E-state index contributed by atoms with van der Waals surface area (Å²) < 4.78 is 1.85. The summed E-state index contributed by atoms with van der Waals surface area (Å²) in [4.78, 5) is 12.5. The van der Waals surface area contributed by atoms with Gasteiger partial charge in [-0.15, -0.1) is 0 Å². The lowest BCUT2D eigenvalue weighted by atomic mass is 10.2. The van der Waals surface area contributed by atoms with Crippen molar-refractivity contribution in [2.24, 2.45) is 5.73 Å². The van der Waals surface area contributed by atoms with Crippen molar-refractivity contribution in [3.8, 4) is 0 Å². The van der Waals surface area contributed by atoms with Crippen molar-refractivity contribution in [3.63, 3.8) is 0 Å². The van der Waals surface area contributed by atoms with Gasteiger partial charge in [-0.25, -0.2) is 0 Å². The molecule has 1 amide bonds. The van der Waals surface area contributed by atoms with E-state index in [1.54, 1.807) is 0 Å². The number of nitrogens with two attached hydrogens (primary N) is 1. The van der Waals surface area contributed by atoms with Gasteiger partial charge in [0.15, 0.2) is 0 Å². The van der Waals surface area contributed by atoms with Crippen LogP contribution in [0, 0.1) is 3.57 Å². The summed E-state index contributed by atoms with van der Waals surface area (Å²) in [7, 11) is 0. The van der Waals surface area contributed by atoms with Crippen molar-refractivity contribution in [3.05, 3.63) is 31.8 Å². The Balaban J connectivity index is 2.41. The number of hydrogen-bond donors (Lipinski definition) is 2. The molecule has 18 heavy (non-hydrogen) atoms. The van der Waals surface area contributed by atoms with Crippen LogP contribution in [0.15, 0.2) is 22.7 Å². The van der Waals surface area contributed by atoms with E-state index >= 15 is 0 Å². The van der Waals surface area contributed by atoms with Crippen LogP contribution in [-0.2, 0) is 0 Å². The number of amides is 1. The molecule has 0 fully saturated rings. The quantitative estimate of drug-likeness (QED) is 0.405. The Morgan fingerprint density at radius 1 is 1.44 bits per heavy atom. The minimum atomic E-state index is -0.0453. The predicted octanol–water partition coefficient (Wildman–Crippen LogP) is 3.24. The minimum absolute atomic E-state index is 0.0453. The summed E-state index contributed by atoms with van der Waals surface area (Å²) in [5, 5.41) is 2.89. The zero-order valence-corrected chi connectivity index (χ0v) is 14.3. The zero-order valence-electron chi connectivity index (χ0n) is 9.71. The molecule has 1 aromatic rings. The fraction of sp³-hybridized carbons (Fsp3) is 0.333. The van der Waals surface area contributed by atoms with Crippen molar-refractivity contribution in [1.29, 1.82) is 0 Å². The van der Waals surface area contributed by atoms with Crippen molar-refractivity contribution in [1.82, 2.24) is 5.32 Å². The first-order valence-corrected chi connectivity index (χ1v) is 7.80. The lowest BCUT2D eigenvalue weighted by molar-refractivity contribution is 0.0952. The molecule has 3 N–H and O–H groups in total. The number of unbranched alkanes of at least 4 members (excludes halogenated alkanes) is 1. The van der Waals surface area contributed by atoms with E-state index in [-0.39, 0.29) is 5.91 Å². The second-order valence-electron chi connectivity index (χ2n) is 3.80. The van der Waals surface area contributed by atoms with Crippen LogP contribution in [-0.4, -0.2) is 17.4 Å². The number of hydrogen-bond acceptors (Lipinski definition) is 2. The van der Waals surface area contributed by atoms with Crippen molar-refractivity contribution < 1.29 is 4.79 Å². The Morgan fingerprint density at radius 2 is 2.17 bits per heavy atom. The number of carbonyl (C=O) groups is 1. The van der Waals surface area contributed by atoms with E-state index in [2.05, 4.69) is 43.8 Å². The average Bonchev–Trinajstić information content (AvgIpc) is 2.31. The lowest BCUT2D eigenvalue weighted by Gasteiger charge is -2.07. The SMILES string of the molecule is NC(=S)CCCCNC(=O)c1cc(Br)ccc1I. The smallest absolute Gasteiger partial charge is 0.252 e. The number of carbonyl (C=O) groups excluding carboxylic acids is 1. The monoisotopic (exact) mass is 440 g/mol. The molecule has 0 unspecified atom stereocenters. The maximum Gasteiger partial charge on any atom is 0.252 e. The molecule has 0 bridgehead atoms. The van der Waals surface area contributed by atoms with E-state index in [0.29, 0.717) is 17.1 Å². The van der Waals surface area contributed by atoms with Gasteiger partial charge in [0.25, 0.3) is 5.91 Å². The summed E-state index contributed by atoms with van der Waals surface area (Å²) in [6, 6.07) is 5.65. The normalized spacial score (nSPS) is 10.1. The summed E-state index contributed by atoms with van der Waals surface area (Å²) in [5.74, 6) is -0.0453. The van der Waals surface area contributed by atoms with Gasteiger partial charge in [-0.3, -0.25) is 4.79 Å². The molecule has 0 aliphatic carbocycles. The Labute approximate surface area is 134 Å². The molecule has 0 heterocycles. The third kappa shape index (κ3) is 5.62. The van der Waals surface area contributed by atoms with Crippen molar-refractivity contribution in [2.75, 3.05) is 6.54 Å². The van der Waals surface area contributed by atoms with E-state index in [1.165, 1.54) is 0 Å². The summed E-state index contributed by atoms with van der Waals surface area (Å²) in [6.45, 7) is 0.643. The molecule has 0 spiro atoms. The number of nitrogens with one attached hydrogen (secondary N) is 1. The third-order valence-electron chi connectivity index (χ3n) is 2.31. The Morgan fingerprint density at radius 3 is 2.83 bits per heavy atom. The molecule has 1 aromatic carbocycles. The van der Waals surface area contributed by atoms with Gasteiger partial charge in [-0.1, -0.05) is 28.1 Å². The topological polar surface area (TPSA) is 55.1 Å². The van der Waals surface area contributed by atoms with Gasteiger partial charge >= 0.3 is 0 Å². The summed E-state index contributed by atoms with van der Waals surface area (Å²) >= 11 is 10.3. The molecular formula is C12H14BrIN2OS. The van der Waals surface area contributed by atoms with Crippen molar-refractivity contribution in [2.45, 2.75) is 19.3 Å². The molecule has 0 atom stereocenters. The fourth-order valence-electron chi connectivity index (χ4n) is 1.39. The molecular weight excluding hydrogens is 427 g/mol. The summed E-state index contributed by atoms with van der Waals surface area (Å²) in [6.07, 6.45) is 2.53. The first-order valence-electron chi connectivity index (χ1n) is 5.52. The van der Waals surface area contributed by atoms with Crippen LogP contribution >= 0.6 is 50.7 Å². The van der Waals surface area contributed by atoms with Crippen LogP contribution < -0.4 is 11.1 Å². The van der Waals surface area contributed by atoms with Crippen LogP contribution in [0.5, 0.6) is 0 Å². The Bertz CT molecular complexity index is 454. The van der Waals surface area contributed by atoms with E-state index < -0.39 is 0 Å². The predicted molar refractivity (Wildman–Crippen MR) is 89.8 cm³/mol. The van der Waals surface area contributed by atoms with Crippen molar-refractivity contribution >= 4 is 61.6 Å². The molecule has 98 valence electrons. The highest BCUT2D eigenvalue weighted by Gasteiger charge is 2.09. The van der Waals surface area contributed by atoms with Gasteiger partial charge in [-0.05, 0) is 60.1 Å². The van der Waals surface area contributed by atoms with Gasteiger partial charge in [0.1, 0.15) is 0 Å². The highest BCUT2D eigenvalue weighted by molar-refractivity contribution is 14.1. The van der Waals surface area contributed by atoms with Gasteiger partial charge in [0, 0.05) is 14.6 Å². The van der Waals surface area contributed by atoms with Crippen LogP contribution in [0.3, 0.4) is 0 Å². The molecule has 0 aliphatic heterocycles. The minimum Gasteiger partial charge on any atom is -0.393 e. The largest absolute Gasteiger partial charge is 0.393 e. The van der Waals surface area contributed by atoms with Crippen LogP contribution in [0.25, 0.3) is 0 Å². The molecule has 0 saturated heterocycles. The van der Waals surface area contributed by atoms with Crippen LogP contribution in [0.4, 0.5) is 0 Å². The molecule has 0 radical (unpaired) electrons. The molecule has 1 rings (SSSR count). The number of rotatable bonds is 6. The van der Waals surface area contributed by atoms with Crippen LogP contribution in [0.1, 0.15) is 29.6 Å². The molecule has 0 aliphatic rings. The summed E-state index contributed by atoms with van der Waals surface area (Å²) in [5.41, 5.74) is 6.09. The second kappa shape index (κ2) is 8.06. The highest BCUT2D eigenvalue weighted by atomic mass is 127. The lowest BCUT2D eigenvalue weighted by Crippen LogP contribution is -2.25. The first-order chi connectivity index (χ1) is 8.50. The third-order valence-corrected chi connectivity index (χ3v) is 3.95. The zero-order chi connectivity index (χ0) is 13.5. The molecule has 0 saturated carbocycles. The Hall–Kier alpha value is -0.210. The van der Waals surface area contributed by atoms with E-state index in [4.69, 9.17) is 18.0 Å². The Kier molecular flexibility index (Phi) is 7.10. The molecule has 0 aromatic heterocycles. The van der Waals surface area contributed by atoms with Gasteiger partial charge < -0.3 is 11.1 Å². The standard InChI is InChI=1S/C12H14BrIN2OS/c13-8-4-5-10(14)9(7-8)12(17)16-6-2-1-3-11(15)18/h4-5,7H,1-3,6H2,(H2,15,18)(H,16,17). The number of halogens is 2. The number of thiocarbonyl (C=S) groups is 1. The van der Waals surface area contributed by atoms with Crippen LogP contribution in [0.2, 0.25) is 0 Å². The van der Waals surface area contributed by atoms with Gasteiger partial charge in [-0.2, -0.15) is 0 Å². The first kappa shape index (κ1) is 15.8. The van der Waals surface area contributed by atoms with Gasteiger partial charge in [0.2, 0.25) is 0 Å². The van der Waals surface area contributed by atoms with E-state index in [9.17, 15) is 4.79 Å². The average molecular weight is 441 g/mol. The maximum atomic E-state index is 11.9. The molecule has 6 heteroatoms. The second-order valence-corrected chi connectivity index (χ2v) is 6.41. The van der Waals surface area contributed by atoms with Gasteiger partial charge in [0.05, 0.1) is 10.6 Å². The molecule has 3 nitrogen and oxygen atoms in total. The van der Waals surface area contributed by atoms with E-state index in [0.717, 1.165) is 27.3 Å². The number of benzene rings is 1. The fourth-order valence-corrected chi connectivity index (χ4v) is 2.48.